The van der Waals surface area contributed by atoms with Crippen molar-refractivity contribution in [2.24, 2.45) is 0 Å². The molecule has 1 aromatic heterocycles. The largest absolute Gasteiger partial charge is 0.433 e. The van der Waals surface area contributed by atoms with Crippen molar-refractivity contribution in [3.8, 4) is 5.75 Å². The highest BCUT2D eigenvalue weighted by Gasteiger charge is 2.38. The topological polar surface area (TPSA) is 34.1 Å². The molecule has 2 aromatic rings. The molecule has 0 bridgehead atoms. The quantitative estimate of drug-likeness (QED) is 0.911. The lowest BCUT2D eigenvalue weighted by Gasteiger charge is -2.07. The lowest BCUT2D eigenvalue weighted by Crippen LogP contribution is -2.06. The van der Waals surface area contributed by atoms with Crippen LogP contribution in [0.5, 0.6) is 5.75 Å². The van der Waals surface area contributed by atoms with E-state index in [1.54, 1.807) is 18.2 Å². The normalized spacial score (nSPS) is 20.4. The van der Waals surface area contributed by atoms with Gasteiger partial charge in [-0.1, -0.05) is 12.1 Å². The minimum Gasteiger partial charge on any atom is -0.433 e. The van der Waals surface area contributed by atoms with Crippen LogP contribution in [-0.2, 0) is 0 Å². The number of ether oxygens (including phenoxy) is 1. The summed E-state index contributed by atoms with van der Waals surface area (Å²) in [7, 11) is 0. The van der Waals surface area contributed by atoms with Crippen molar-refractivity contribution in [3.05, 3.63) is 54.0 Å². The number of nitrogens with zero attached hydrogens (tertiary/aromatic N) is 1. The van der Waals surface area contributed by atoms with Gasteiger partial charge in [0.05, 0.1) is 6.20 Å². The summed E-state index contributed by atoms with van der Waals surface area (Å²) in [6, 6.07) is 9.70. The maximum Gasteiger partial charge on any atom is 0.387 e. The summed E-state index contributed by atoms with van der Waals surface area (Å²) in [5.74, 6) is 0.706. The van der Waals surface area contributed by atoms with Crippen LogP contribution in [0.3, 0.4) is 0 Å². The van der Waals surface area contributed by atoms with Gasteiger partial charge in [0.25, 0.3) is 0 Å². The van der Waals surface area contributed by atoms with E-state index in [1.165, 1.54) is 24.4 Å². The summed E-state index contributed by atoms with van der Waals surface area (Å²) in [5, 5.41) is 3.21. The third kappa shape index (κ3) is 3.45. The Morgan fingerprint density at radius 1 is 1.14 bits per heavy atom. The minimum absolute atomic E-state index is 0.0291. The van der Waals surface area contributed by atoms with Crippen LogP contribution in [-0.4, -0.2) is 17.6 Å². The Hall–Kier alpha value is -2.24. The predicted octanol–water partition coefficient (Wildman–Crippen LogP) is 3.79. The Balaban J connectivity index is 1.57. The smallest absolute Gasteiger partial charge is 0.387 e. The monoisotopic (exact) mass is 294 g/mol. The molecule has 0 spiro atoms. The molecule has 110 valence electrons. The van der Waals surface area contributed by atoms with E-state index in [2.05, 4.69) is 15.0 Å². The number of hydrogen-bond donors (Lipinski definition) is 1. The summed E-state index contributed by atoms with van der Waals surface area (Å²) in [6.07, 6.45) is 2.19. The maximum atomic E-state index is 12.9. The first-order chi connectivity index (χ1) is 10.1. The van der Waals surface area contributed by atoms with Crippen LogP contribution >= 0.6 is 0 Å². The summed E-state index contributed by atoms with van der Waals surface area (Å²) in [5.41, 5.74) is 1.08. The molecule has 2 atom stereocenters. The van der Waals surface area contributed by atoms with E-state index >= 15 is 0 Å². The number of aromatic nitrogens is 1. The molecule has 6 heteroatoms. The van der Waals surface area contributed by atoms with E-state index < -0.39 is 6.61 Å². The molecule has 1 N–H and O–H groups in total. The van der Waals surface area contributed by atoms with Crippen molar-refractivity contribution in [1.82, 2.24) is 4.98 Å². The van der Waals surface area contributed by atoms with E-state index in [-0.39, 0.29) is 17.6 Å². The number of alkyl halides is 2. The van der Waals surface area contributed by atoms with Gasteiger partial charge in [0.1, 0.15) is 17.4 Å². The van der Waals surface area contributed by atoms with Crippen LogP contribution in [0.25, 0.3) is 0 Å². The molecular formula is C15H13F3N2O. The van der Waals surface area contributed by atoms with Gasteiger partial charge in [-0.05, 0) is 36.2 Å². The second-order valence-corrected chi connectivity index (χ2v) is 4.90. The highest BCUT2D eigenvalue weighted by molar-refractivity contribution is 5.43. The van der Waals surface area contributed by atoms with Gasteiger partial charge < -0.3 is 10.1 Å². The Kier molecular flexibility index (Phi) is 3.68. The van der Waals surface area contributed by atoms with Crippen LogP contribution in [0.4, 0.5) is 19.0 Å². The van der Waals surface area contributed by atoms with E-state index in [4.69, 9.17) is 0 Å². The molecule has 1 heterocycles. The van der Waals surface area contributed by atoms with E-state index in [0.29, 0.717) is 11.7 Å². The van der Waals surface area contributed by atoms with E-state index in [1.807, 2.05) is 0 Å². The lowest BCUT2D eigenvalue weighted by atomic mass is 10.1. The fourth-order valence-electron chi connectivity index (χ4n) is 2.26. The first-order valence-corrected chi connectivity index (χ1v) is 6.54. The van der Waals surface area contributed by atoms with Crippen LogP contribution < -0.4 is 10.1 Å². The molecule has 1 fully saturated rings. The van der Waals surface area contributed by atoms with Gasteiger partial charge in [-0.3, -0.25) is 0 Å². The van der Waals surface area contributed by atoms with Crippen molar-refractivity contribution in [1.29, 1.82) is 0 Å². The molecule has 0 saturated heterocycles. The SMILES string of the molecule is Fc1ccc([C@@H]2C[C@H]2Nc2ccc(OC(F)F)cn2)cc1. The third-order valence-electron chi connectivity index (χ3n) is 3.38. The summed E-state index contributed by atoms with van der Waals surface area (Å²) >= 11 is 0. The van der Waals surface area contributed by atoms with Gasteiger partial charge in [-0.15, -0.1) is 0 Å². The summed E-state index contributed by atoms with van der Waals surface area (Å²) in [4.78, 5) is 4.02. The van der Waals surface area contributed by atoms with Crippen LogP contribution in [0.15, 0.2) is 42.6 Å². The van der Waals surface area contributed by atoms with Gasteiger partial charge in [0.15, 0.2) is 0 Å². The fourth-order valence-corrected chi connectivity index (χ4v) is 2.26. The second kappa shape index (κ2) is 5.63. The van der Waals surface area contributed by atoms with Crippen LogP contribution in [0, 0.1) is 5.82 Å². The zero-order valence-corrected chi connectivity index (χ0v) is 11.0. The number of nitrogens with one attached hydrogen (secondary N) is 1. The van der Waals surface area contributed by atoms with Gasteiger partial charge >= 0.3 is 6.61 Å². The number of benzene rings is 1. The average Bonchev–Trinajstić information content (AvgIpc) is 3.20. The van der Waals surface area contributed by atoms with Crippen molar-refractivity contribution in [2.45, 2.75) is 25.0 Å². The van der Waals surface area contributed by atoms with Gasteiger partial charge in [-0.2, -0.15) is 8.78 Å². The Labute approximate surface area is 119 Å². The number of halogens is 3. The minimum atomic E-state index is -2.85. The Morgan fingerprint density at radius 2 is 1.90 bits per heavy atom. The number of hydrogen-bond acceptors (Lipinski definition) is 3. The van der Waals surface area contributed by atoms with Crippen molar-refractivity contribution in [3.63, 3.8) is 0 Å². The van der Waals surface area contributed by atoms with E-state index in [9.17, 15) is 13.2 Å². The average molecular weight is 294 g/mol. The van der Waals surface area contributed by atoms with Crippen molar-refractivity contribution in [2.75, 3.05) is 5.32 Å². The molecule has 1 aliphatic rings. The van der Waals surface area contributed by atoms with Gasteiger partial charge in [0.2, 0.25) is 0 Å². The highest BCUT2D eigenvalue weighted by Crippen LogP contribution is 2.42. The number of anilines is 1. The van der Waals surface area contributed by atoms with Gasteiger partial charge in [-0.25, -0.2) is 9.37 Å². The fraction of sp³-hybridized carbons (Fsp3) is 0.267. The molecule has 3 nitrogen and oxygen atoms in total. The number of pyridine rings is 1. The molecule has 21 heavy (non-hydrogen) atoms. The lowest BCUT2D eigenvalue weighted by molar-refractivity contribution is -0.0500. The predicted molar refractivity (Wildman–Crippen MR) is 72.0 cm³/mol. The van der Waals surface area contributed by atoms with E-state index in [0.717, 1.165) is 12.0 Å². The molecule has 0 radical (unpaired) electrons. The molecule has 0 aliphatic heterocycles. The molecule has 0 unspecified atom stereocenters. The summed E-state index contributed by atoms with van der Waals surface area (Å²) in [6.45, 7) is -2.85. The second-order valence-electron chi connectivity index (χ2n) is 4.90. The Bertz CT molecular complexity index is 601. The highest BCUT2D eigenvalue weighted by atomic mass is 19.3. The maximum absolute atomic E-state index is 12.9. The van der Waals surface area contributed by atoms with Crippen molar-refractivity contribution < 1.29 is 17.9 Å². The zero-order valence-electron chi connectivity index (χ0n) is 11.0. The van der Waals surface area contributed by atoms with Crippen LogP contribution in [0.2, 0.25) is 0 Å². The molecule has 1 saturated carbocycles. The van der Waals surface area contributed by atoms with Crippen molar-refractivity contribution >= 4 is 5.82 Å². The first kappa shape index (κ1) is 13.7. The molecular weight excluding hydrogens is 281 g/mol. The molecule has 3 rings (SSSR count). The zero-order chi connectivity index (χ0) is 14.8. The third-order valence-corrected chi connectivity index (χ3v) is 3.38. The van der Waals surface area contributed by atoms with Gasteiger partial charge in [0, 0.05) is 12.0 Å². The number of rotatable bonds is 5. The Morgan fingerprint density at radius 3 is 2.52 bits per heavy atom. The molecule has 1 aliphatic carbocycles. The molecule has 1 aromatic carbocycles. The summed E-state index contributed by atoms with van der Waals surface area (Å²) < 4.78 is 41.1. The van der Waals surface area contributed by atoms with Crippen LogP contribution in [0.1, 0.15) is 17.9 Å². The molecule has 0 amide bonds. The first-order valence-electron chi connectivity index (χ1n) is 6.54. The standard InChI is InChI=1S/C15H13F3N2O/c16-10-3-1-9(2-4-10)12-7-13(12)20-14-6-5-11(8-19-14)21-15(17)18/h1-6,8,12-13,15H,7H2,(H,19,20)/t12-,13+/m0/s1.